The molecular formula is C31H34ClNO4. The predicted molar refractivity (Wildman–Crippen MR) is 146 cm³/mol. The molecule has 0 spiro atoms. The summed E-state index contributed by atoms with van der Waals surface area (Å²) in [6, 6.07) is 14.3. The largest absolute Gasteiger partial charge is 0.508 e. The topological polar surface area (TPSA) is 66.8 Å². The van der Waals surface area contributed by atoms with Gasteiger partial charge in [-0.25, -0.2) is 0 Å². The number of carbonyl (C=O) groups is 2. The molecule has 6 heteroatoms. The maximum absolute atomic E-state index is 13.6. The van der Waals surface area contributed by atoms with Crippen molar-refractivity contribution in [2.75, 3.05) is 11.5 Å². The number of aromatic hydroxyl groups is 1. The van der Waals surface area contributed by atoms with Crippen molar-refractivity contribution in [2.45, 2.75) is 58.5 Å². The highest BCUT2D eigenvalue weighted by Gasteiger charge is 2.57. The van der Waals surface area contributed by atoms with Crippen molar-refractivity contribution in [3.63, 3.8) is 0 Å². The van der Waals surface area contributed by atoms with Crippen LogP contribution in [0.5, 0.6) is 5.75 Å². The summed E-state index contributed by atoms with van der Waals surface area (Å²) in [7, 11) is 0. The molecule has 0 unspecified atom stereocenters. The van der Waals surface area contributed by atoms with Gasteiger partial charge >= 0.3 is 0 Å². The Morgan fingerprint density at radius 3 is 2.57 bits per heavy atom. The van der Waals surface area contributed by atoms with Crippen molar-refractivity contribution in [1.29, 1.82) is 0 Å². The van der Waals surface area contributed by atoms with Gasteiger partial charge in [-0.2, -0.15) is 0 Å². The second-order valence-electron chi connectivity index (χ2n) is 10.3. The van der Waals surface area contributed by atoms with Crippen molar-refractivity contribution < 1.29 is 19.4 Å². The predicted octanol–water partition coefficient (Wildman–Crippen LogP) is 6.94. The number of benzene rings is 2. The van der Waals surface area contributed by atoms with E-state index in [1.54, 1.807) is 12.1 Å². The molecule has 5 nitrogen and oxygen atoms in total. The van der Waals surface area contributed by atoms with Crippen molar-refractivity contribution >= 4 is 35.2 Å². The molecule has 2 aromatic carbocycles. The number of nitrogens with zero attached hydrogens (tertiary/aromatic N) is 1. The highest BCUT2D eigenvalue weighted by Crippen LogP contribution is 2.51. The SMILES string of the molecule is CCC/C(=C\c1ccc(O)cc1Cl)CC[C@H]1OC[C@H]2C1=C(CC)C[C@H]1C(=O)N(c3ccccc3)C(=O)[C@H]12. The van der Waals surface area contributed by atoms with E-state index in [0.717, 1.165) is 37.7 Å². The molecule has 2 heterocycles. The lowest BCUT2D eigenvalue weighted by atomic mass is 9.69. The zero-order valence-electron chi connectivity index (χ0n) is 21.5. The summed E-state index contributed by atoms with van der Waals surface area (Å²) in [6.07, 6.45) is 7.26. The first-order chi connectivity index (χ1) is 17.9. The minimum Gasteiger partial charge on any atom is -0.508 e. The number of anilines is 1. The van der Waals surface area contributed by atoms with Crippen molar-refractivity contribution in [3.05, 3.63) is 75.8 Å². The molecule has 3 aliphatic rings. The van der Waals surface area contributed by atoms with Crippen LogP contribution in [0.4, 0.5) is 5.69 Å². The Labute approximate surface area is 223 Å². The van der Waals surface area contributed by atoms with E-state index in [1.807, 2.05) is 36.4 Å². The summed E-state index contributed by atoms with van der Waals surface area (Å²) in [4.78, 5) is 28.4. The van der Waals surface area contributed by atoms with E-state index in [4.69, 9.17) is 16.3 Å². The van der Waals surface area contributed by atoms with Gasteiger partial charge in [0, 0.05) is 5.92 Å². The Bertz CT molecular complexity index is 1250. The lowest BCUT2D eigenvalue weighted by Crippen LogP contribution is -2.34. The molecule has 2 saturated heterocycles. The number of hydrogen-bond donors (Lipinski definition) is 1. The van der Waals surface area contributed by atoms with Crippen LogP contribution in [0.25, 0.3) is 6.08 Å². The third kappa shape index (κ3) is 4.87. The summed E-state index contributed by atoms with van der Waals surface area (Å²) in [6.45, 7) is 4.79. The zero-order valence-corrected chi connectivity index (χ0v) is 22.2. The summed E-state index contributed by atoms with van der Waals surface area (Å²) < 4.78 is 6.36. The van der Waals surface area contributed by atoms with Gasteiger partial charge in [0.2, 0.25) is 11.8 Å². The average molecular weight is 520 g/mol. The van der Waals surface area contributed by atoms with Gasteiger partial charge in [0.15, 0.2) is 0 Å². The van der Waals surface area contributed by atoms with Crippen LogP contribution in [0, 0.1) is 17.8 Å². The van der Waals surface area contributed by atoms with E-state index in [1.165, 1.54) is 21.6 Å². The van der Waals surface area contributed by atoms with Crippen LogP contribution in [0.1, 0.15) is 57.9 Å². The Morgan fingerprint density at radius 2 is 1.86 bits per heavy atom. The number of fused-ring (bicyclic) bond motifs is 3. The van der Waals surface area contributed by atoms with Gasteiger partial charge in [0.05, 0.1) is 35.3 Å². The number of amides is 2. The van der Waals surface area contributed by atoms with Gasteiger partial charge < -0.3 is 9.84 Å². The number of para-hydroxylation sites is 1. The van der Waals surface area contributed by atoms with Crippen molar-refractivity contribution in [3.8, 4) is 5.75 Å². The number of allylic oxidation sites excluding steroid dienone is 2. The Morgan fingerprint density at radius 1 is 1.08 bits per heavy atom. The molecule has 2 aliphatic heterocycles. The molecule has 194 valence electrons. The van der Waals surface area contributed by atoms with Crippen LogP contribution >= 0.6 is 11.6 Å². The summed E-state index contributed by atoms with van der Waals surface area (Å²) in [5.74, 6) is -0.681. The smallest absolute Gasteiger partial charge is 0.238 e. The van der Waals surface area contributed by atoms with Gasteiger partial charge in [-0.1, -0.05) is 67.3 Å². The van der Waals surface area contributed by atoms with E-state index in [-0.39, 0.29) is 41.4 Å². The van der Waals surface area contributed by atoms with Crippen LogP contribution < -0.4 is 4.90 Å². The molecule has 2 aromatic rings. The van der Waals surface area contributed by atoms with Crippen LogP contribution in [0.15, 0.2) is 65.3 Å². The second-order valence-corrected chi connectivity index (χ2v) is 10.7. The molecule has 2 amide bonds. The molecule has 5 rings (SSSR count). The standard InChI is InChI=1S/C31H34ClNO4/c1-3-8-19(15-21-12-13-23(34)17-26(21)32)11-14-27-28-20(4-2)16-24-29(25(28)18-37-27)31(36)33(30(24)35)22-9-6-5-7-10-22/h5-7,9-10,12-13,15,17,24-25,27,29,34H,3-4,8,11,14,16,18H2,1-2H3/b19-15+/t24-,25+,27-,29-/m1/s1. The number of hydrogen-bond acceptors (Lipinski definition) is 4. The van der Waals surface area contributed by atoms with E-state index >= 15 is 0 Å². The highest BCUT2D eigenvalue weighted by molar-refractivity contribution is 6.32. The fraction of sp³-hybridized carbons (Fsp3) is 0.419. The molecule has 4 atom stereocenters. The first-order valence-electron chi connectivity index (χ1n) is 13.4. The van der Waals surface area contributed by atoms with E-state index in [0.29, 0.717) is 23.7 Å². The van der Waals surface area contributed by atoms with Gasteiger partial charge in [-0.3, -0.25) is 14.5 Å². The van der Waals surface area contributed by atoms with Crippen LogP contribution in [-0.4, -0.2) is 29.6 Å². The normalized spacial score (nSPS) is 25.6. The average Bonchev–Trinajstić information content (AvgIpc) is 3.42. The zero-order chi connectivity index (χ0) is 26.1. The monoisotopic (exact) mass is 519 g/mol. The first kappa shape index (κ1) is 25.7. The molecule has 1 aliphatic carbocycles. The number of imide groups is 1. The van der Waals surface area contributed by atoms with Crippen LogP contribution in [0.3, 0.4) is 0 Å². The quantitative estimate of drug-likeness (QED) is 0.303. The highest BCUT2D eigenvalue weighted by atomic mass is 35.5. The van der Waals surface area contributed by atoms with E-state index in [9.17, 15) is 14.7 Å². The second kappa shape index (κ2) is 10.8. The molecule has 0 bridgehead atoms. The fourth-order valence-corrected chi connectivity index (χ4v) is 6.63. The van der Waals surface area contributed by atoms with Gasteiger partial charge in [0.25, 0.3) is 0 Å². The molecule has 0 saturated carbocycles. The number of carbonyl (C=O) groups excluding carboxylic acids is 2. The Balaban J connectivity index is 1.37. The first-order valence-corrected chi connectivity index (χ1v) is 13.7. The minimum absolute atomic E-state index is 0.0333. The third-order valence-corrected chi connectivity index (χ3v) is 8.42. The van der Waals surface area contributed by atoms with Crippen LogP contribution in [0.2, 0.25) is 5.02 Å². The number of phenolic OH excluding ortho intramolecular Hbond substituents is 1. The summed E-state index contributed by atoms with van der Waals surface area (Å²) in [5.41, 5.74) is 5.39. The Hall–Kier alpha value is -2.89. The number of ether oxygens (including phenoxy) is 1. The number of rotatable bonds is 8. The lowest BCUT2D eigenvalue weighted by molar-refractivity contribution is -0.122. The van der Waals surface area contributed by atoms with Crippen molar-refractivity contribution in [1.82, 2.24) is 0 Å². The molecule has 1 N–H and O–H groups in total. The lowest BCUT2D eigenvalue weighted by Gasteiger charge is -2.31. The molecular weight excluding hydrogens is 486 g/mol. The molecule has 0 aromatic heterocycles. The van der Waals surface area contributed by atoms with E-state index < -0.39 is 0 Å². The van der Waals surface area contributed by atoms with Crippen molar-refractivity contribution in [2.24, 2.45) is 17.8 Å². The fourth-order valence-electron chi connectivity index (χ4n) is 6.40. The summed E-state index contributed by atoms with van der Waals surface area (Å²) in [5, 5.41) is 10.2. The molecule has 37 heavy (non-hydrogen) atoms. The maximum atomic E-state index is 13.6. The number of halogens is 1. The molecule has 2 fully saturated rings. The van der Waals surface area contributed by atoms with Gasteiger partial charge in [-0.05, 0) is 73.6 Å². The summed E-state index contributed by atoms with van der Waals surface area (Å²) >= 11 is 6.36. The van der Waals surface area contributed by atoms with Crippen LogP contribution in [-0.2, 0) is 14.3 Å². The number of phenols is 1. The minimum atomic E-state index is -0.343. The van der Waals surface area contributed by atoms with Gasteiger partial charge in [-0.15, -0.1) is 0 Å². The van der Waals surface area contributed by atoms with Gasteiger partial charge in [0.1, 0.15) is 5.75 Å². The Kier molecular flexibility index (Phi) is 7.55. The molecule has 0 radical (unpaired) electrons. The third-order valence-electron chi connectivity index (χ3n) is 8.09. The maximum Gasteiger partial charge on any atom is 0.238 e. The van der Waals surface area contributed by atoms with E-state index in [2.05, 4.69) is 19.9 Å².